The number of carbonyl (C=O) groups excluding carboxylic acids is 1. The van der Waals surface area contributed by atoms with Crippen LogP contribution in [0.1, 0.15) is 26.2 Å². The molecule has 1 rings (SSSR count). The largest absolute Gasteiger partial charge is 0.456 e. The predicted octanol–water partition coefficient (Wildman–Crippen LogP) is 1.35. The Hall–Kier alpha value is -0.970. The Kier molecular flexibility index (Phi) is 5.56. The van der Waals surface area contributed by atoms with Gasteiger partial charge in [-0.05, 0) is 6.92 Å². The molecule has 0 radical (unpaired) electrons. The summed E-state index contributed by atoms with van der Waals surface area (Å²) in [5.41, 5.74) is 0. The first-order valence-electron chi connectivity index (χ1n) is 3.44. The fourth-order valence-corrected chi connectivity index (χ4v) is 0.173. The number of terminal acetylenes is 1. The van der Waals surface area contributed by atoms with E-state index in [9.17, 15) is 4.79 Å². The number of rotatable bonds is 1. The van der Waals surface area contributed by atoms with Crippen LogP contribution in [0.25, 0.3) is 0 Å². The Labute approximate surface area is 61.6 Å². The van der Waals surface area contributed by atoms with Gasteiger partial charge in [-0.3, -0.25) is 0 Å². The molecule has 0 heterocycles. The average Bonchev–Trinajstić information content (AvgIpc) is 2.73. The zero-order valence-electron chi connectivity index (χ0n) is 6.22. The summed E-state index contributed by atoms with van der Waals surface area (Å²) in [4.78, 5) is 9.95. The molecular formula is C8H12O2. The second kappa shape index (κ2) is 6.15. The van der Waals surface area contributed by atoms with Gasteiger partial charge in [0.15, 0.2) is 0 Å². The maximum atomic E-state index is 9.95. The molecule has 10 heavy (non-hydrogen) atoms. The van der Waals surface area contributed by atoms with Crippen LogP contribution in [0.2, 0.25) is 0 Å². The normalized spacial score (nSPS) is 12.0. The molecule has 0 aromatic carbocycles. The smallest absolute Gasteiger partial charge is 0.384 e. The lowest BCUT2D eigenvalue weighted by molar-refractivity contribution is -0.136. The van der Waals surface area contributed by atoms with Crippen LogP contribution >= 0.6 is 0 Å². The van der Waals surface area contributed by atoms with E-state index in [-0.39, 0.29) is 0 Å². The van der Waals surface area contributed by atoms with Gasteiger partial charge in [0.2, 0.25) is 0 Å². The van der Waals surface area contributed by atoms with Crippen LogP contribution in [0.5, 0.6) is 0 Å². The van der Waals surface area contributed by atoms with Crippen LogP contribution in [0.3, 0.4) is 0 Å². The second-order valence-electron chi connectivity index (χ2n) is 1.93. The maximum Gasteiger partial charge on any atom is 0.384 e. The molecule has 0 N–H and O–H groups in total. The minimum absolute atomic E-state index is 0.350. The fourth-order valence-electron chi connectivity index (χ4n) is 0.173. The Balaban J connectivity index is 0.000000219. The molecule has 2 nitrogen and oxygen atoms in total. The summed E-state index contributed by atoms with van der Waals surface area (Å²) in [5, 5.41) is 0. The molecular weight excluding hydrogens is 128 g/mol. The van der Waals surface area contributed by atoms with Crippen LogP contribution < -0.4 is 0 Å². The average molecular weight is 140 g/mol. The lowest BCUT2D eigenvalue weighted by Gasteiger charge is -1.88. The number of carbonyl (C=O) groups is 1. The third-order valence-electron chi connectivity index (χ3n) is 0.747. The summed E-state index contributed by atoms with van der Waals surface area (Å²) in [5.74, 6) is 1.21. The van der Waals surface area contributed by atoms with Crippen molar-refractivity contribution in [3.8, 4) is 12.3 Å². The molecule has 1 aliphatic carbocycles. The van der Waals surface area contributed by atoms with Crippen LogP contribution in [-0.2, 0) is 9.53 Å². The van der Waals surface area contributed by atoms with E-state index in [2.05, 4.69) is 11.2 Å². The Morgan fingerprint density at radius 1 is 1.60 bits per heavy atom. The fraction of sp³-hybridized carbons (Fsp3) is 0.625. The lowest BCUT2D eigenvalue weighted by Crippen LogP contribution is -1.98. The molecule has 0 aromatic heterocycles. The van der Waals surface area contributed by atoms with Crippen molar-refractivity contribution in [2.75, 3.05) is 6.61 Å². The van der Waals surface area contributed by atoms with Crippen molar-refractivity contribution in [3.05, 3.63) is 0 Å². The van der Waals surface area contributed by atoms with Crippen molar-refractivity contribution in [1.82, 2.24) is 0 Å². The van der Waals surface area contributed by atoms with Crippen LogP contribution in [0.4, 0.5) is 0 Å². The van der Waals surface area contributed by atoms with Gasteiger partial charge in [0.05, 0.1) is 6.61 Å². The van der Waals surface area contributed by atoms with E-state index >= 15 is 0 Å². The molecule has 0 aliphatic heterocycles. The molecule has 1 fully saturated rings. The summed E-state index contributed by atoms with van der Waals surface area (Å²) in [6.45, 7) is 2.05. The molecule has 0 atom stereocenters. The predicted molar refractivity (Wildman–Crippen MR) is 39.3 cm³/mol. The van der Waals surface area contributed by atoms with Gasteiger partial charge in [-0.1, -0.05) is 19.3 Å². The Bertz CT molecular complexity index is 128. The van der Waals surface area contributed by atoms with Gasteiger partial charge in [0, 0.05) is 5.92 Å². The van der Waals surface area contributed by atoms with E-state index in [1.165, 1.54) is 19.3 Å². The van der Waals surface area contributed by atoms with Crippen LogP contribution in [-0.4, -0.2) is 12.6 Å². The molecule has 0 amide bonds. The molecule has 1 saturated carbocycles. The quantitative estimate of drug-likeness (QED) is 0.312. The molecule has 2 heteroatoms. The summed E-state index contributed by atoms with van der Waals surface area (Å²) in [6, 6.07) is 0. The summed E-state index contributed by atoms with van der Waals surface area (Å²) < 4.78 is 4.32. The summed E-state index contributed by atoms with van der Waals surface area (Å²) >= 11 is 0. The Morgan fingerprint density at radius 3 is 2.20 bits per heavy atom. The number of hydrogen-bond acceptors (Lipinski definition) is 2. The third kappa shape index (κ3) is 10.1. The van der Waals surface area contributed by atoms with Gasteiger partial charge in [0.1, 0.15) is 0 Å². The van der Waals surface area contributed by atoms with E-state index in [0.29, 0.717) is 6.61 Å². The van der Waals surface area contributed by atoms with Crippen molar-refractivity contribution in [2.45, 2.75) is 26.2 Å². The highest BCUT2D eigenvalue weighted by Gasteiger charge is 1.95. The van der Waals surface area contributed by atoms with E-state index in [1.807, 2.05) is 0 Å². The maximum absolute atomic E-state index is 9.95. The van der Waals surface area contributed by atoms with Crippen LogP contribution in [0.15, 0.2) is 0 Å². The molecule has 1 aliphatic rings. The minimum atomic E-state index is -0.595. The monoisotopic (exact) mass is 140 g/mol. The van der Waals surface area contributed by atoms with Crippen molar-refractivity contribution in [3.63, 3.8) is 0 Å². The SMILES string of the molecule is C#CC(=O)OCC.C1CC1. The van der Waals surface area contributed by atoms with Crippen molar-refractivity contribution >= 4 is 5.97 Å². The highest BCUT2D eigenvalue weighted by Crippen LogP contribution is 2.14. The van der Waals surface area contributed by atoms with E-state index in [0.717, 1.165) is 0 Å². The van der Waals surface area contributed by atoms with Gasteiger partial charge >= 0.3 is 5.97 Å². The summed E-state index contributed by atoms with van der Waals surface area (Å²) in [7, 11) is 0. The number of ether oxygens (including phenoxy) is 1. The van der Waals surface area contributed by atoms with Gasteiger partial charge in [-0.2, -0.15) is 0 Å². The Morgan fingerprint density at radius 2 is 2.10 bits per heavy atom. The van der Waals surface area contributed by atoms with Crippen LogP contribution in [0, 0.1) is 12.3 Å². The molecule has 0 saturated heterocycles. The highest BCUT2D eigenvalue weighted by molar-refractivity contribution is 5.87. The van der Waals surface area contributed by atoms with Crippen molar-refractivity contribution in [1.29, 1.82) is 0 Å². The van der Waals surface area contributed by atoms with E-state index in [1.54, 1.807) is 12.8 Å². The van der Waals surface area contributed by atoms with Crippen molar-refractivity contribution in [2.24, 2.45) is 0 Å². The number of esters is 1. The topological polar surface area (TPSA) is 26.3 Å². The van der Waals surface area contributed by atoms with Gasteiger partial charge in [0.25, 0.3) is 0 Å². The third-order valence-corrected chi connectivity index (χ3v) is 0.747. The second-order valence-corrected chi connectivity index (χ2v) is 1.93. The first kappa shape index (κ1) is 9.03. The molecule has 0 unspecified atom stereocenters. The lowest BCUT2D eigenvalue weighted by atomic mass is 10.7. The highest BCUT2D eigenvalue weighted by atomic mass is 16.5. The molecule has 56 valence electrons. The van der Waals surface area contributed by atoms with Crippen molar-refractivity contribution < 1.29 is 9.53 Å². The van der Waals surface area contributed by atoms with Gasteiger partial charge in [-0.25, -0.2) is 4.79 Å². The van der Waals surface area contributed by atoms with Gasteiger partial charge in [-0.15, -0.1) is 6.42 Å². The zero-order chi connectivity index (χ0) is 7.82. The van der Waals surface area contributed by atoms with Gasteiger partial charge < -0.3 is 4.74 Å². The van der Waals surface area contributed by atoms with E-state index < -0.39 is 5.97 Å². The summed E-state index contributed by atoms with van der Waals surface area (Å²) in [6.07, 6.45) is 9.13. The zero-order valence-corrected chi connectivity index (χ0v) is 6.22. The first-order chi connectivity index (χ1) is 4.81. The molecule has 0 aromatic rings. The molecule has 0 spiro atoms. The molecule has 0 bridgehead atoms. The number of hydrogen-bond donors (Lipinski definition) is 0. The van der Waals surface area contributed by atoms with E-state index in [4.69, 9.17) is 0 Å². The standard InChI is InChI=1S/C5H6O2.C3H6/c1-3-5(6)7-4-2;1-2-3-1/h1H,4H2,2H3;1-3H2. The minimum Gasteiger partial charge on any atom is -0.456 e. The first-order valence-corrected chi connectivity index (χ1v) is 3.44.